The van der Waals surface area contributed by atoms with Crippen LogP contribution in [-0.2, 0) is 0 Å². The molecule has 0 aromatic heterocycles. The van der Waals surface area contributed by atoms with Crippen molar-refractivity contribution >= 4 is 0 Å². The lowest BCUT2D eigenvalue weighted by atomic mass is 9.90. The third-order valence-electron chi connectivity index (χ3n) is 2.94. The molecule has 0 saturated heterocycles. The van der Waals surface area contributed by atoms with Crippen molar-refractivity contribution in [3.8, 4) is 5.75 Å². The van der Waals surface area contributed by atoms with Crippen molar-refractivity contribution in [1.29, 1.82) is 0 Å². The van der Waals surface area contributed by atoms with Gasteiger partial charge in [-0.2, -0.15) is 0 Å². The Morgan fingerprint density at radius 3 is 2.75 bits per heavy atom. The number of methoxy groups -OCH3 is 1. The molecule has 3 nitrogen and oxygen atoms in total. The molecule has 0 fully saturated rings. The van der Waals surface area contributed by atoms with E-state index in [2.05, 4.69) is 13.0 Å². The lowest BCUT2D eigenvalue weighted by Crippen LogP contribution is -2.20. The van der Waals surface area contributed by atoms with Gasteiger partial charge in [-0.15, -0.1) is 0 Å². The summed E-state index contributed by atoms with van der Waals surface area (Å²) in [6, 6.07) is 8.04. The Morgan fingerprint density at radius 1 is 1.44 bits per heavy atom. The molecule has 0 radical (unpaired) electrons. The van der Waals surface area contributed by atoms with Crippen molar-refractivity contribution in [3.05, 3.63) is 29.8 Å². The molecule has 0 aliphatic heterocycles. The zero-order chi connectivity index (χ0) is 12.0. The van der Waals surface area contributed by atoms with Crippen molar-refractivity contribution in [2.24, 2.45) is 11.7 Å². The van der Waals surface area contributed by atoms with E-state index in [1.54, 1.807) is 7.11 Å². The molecule has 2 atom stereocenters. The van der Waals surface area contributed by atoms with Gasteiger partial charge in [-0.1, -0.05) is 19.1 Å². The summed E-state index contributed by atoms with van der Waals surface area (Å²) in [6.07, 6.45) is 0.903. The van der Waals surface area contributed by atoms with Gasteiger partial charge in [0.1, 0.15) is 5.75 Å². The second-order valence-electron chi connectivity index (χ2n) is 4.20. The van der Waals surface area contributed by atoms with Crippen LogP contribution in [0.4, 0.5) is 0 Å². The molecular formula is C13H21NO2. The van der Waals surface area contributed by atoms with Gasteiger partial charge in [-0.25, -0.2) is 0 Å². The summed E-state index contributed by atoms with van der Waals surface area (Å²) in [6.45, 7) is 2.84. The molecular weight excluding hydrogens is 202 g/mol. The van der Waals surface area contributed by atoms with E-state index >= 15 is 0 Å². The van der Waals surface area contributed by atoms with Crippen LogP contribution < -0.4 is 10.5 Å². The highest BCUT2D eigenvalue weighted by Crippen LogP contribution is 2.25. The zero-order valence-electron chi connectivity index (χ0n) is 10.0. The highest BCUT2D eigenvalue weighted by atomic mass is 16.5. The summed E-state index contributed by atoms with van der Waals surface area (Å²) in [7, 11) is 1.67. The molecule has 0 aliphatic carbocycles. The van der Waals surface area contributed by atoms with Crippen LogP contribution in [0.1, 0.15) is 24.8 Å². The minimum absolute atomic E-state index is 0.158. The minimum atomic E-state index is 0.158. The third-order valence-corrected chi connectivity index (χ3v) is 2.94. The molecule has 0 aliphatic rings. The lowest BCUT2D eigenvalue weighted by Gasteiger charge is -2.18. The van der Waals surface area contributed by atoms with Crippen LogP contribution in [-0.4, -0.2) is 25.4 Å². The van der Waals surface area contributed by atoms with E-state index in [4.69, 9.17) is 15.6 Å². The van der Waals surface area contributed by atoms with Gasteiger partial charge >= 0.3 is 0 Å². The number of rotatable bonds is 6. The van der Waals surface area contributed by atoms with Crippen LogP contribution in [0.25, 0.3) is 0 Å². The fourth-order valence-corrected chi connectivity index (χ4v) is 1.83. The first-order chi connectivity index (χ1) is 7.71. The largest absolute Gasteiger partial charge is 0.497 e. The molecule has 2 unspecified atom stereocenters. The highest BCUT2D eigenvalue weighted by molar-refractivity contribution is 5.30. The number of hydrogen-bond donors (Lipinski definition) is 2. The summed E-state index contributed by atoms with van der Waals surface area (Å²) in [5.41, 5.74) is 6.81. The van der Waals surface area contributed by atoms with Gasteiger partial charge in [0.25, 0.3) is 0 Å². The monoisotopic (exact) mass is 223 g/mol. The fraction of sp³-hybridized carbons (Fsp3) is 0.538. The predicted molar refractivity (Wildman–Crippen MR) is 65.7 cm³/mol. The van der Waals surface area contributed by atoms with Crippen molar-refractivity contribution in [1.82, 2.24) is 0 Å². The van der Waals surface area contributed by atoms with E-state index < -0.39 is 0 Å². The summed E-state index contributed by atoms with van der Waals surface area (Å²) in [4.78, 5) is 0. The third kappa shape index (κ3) is 3.51. The molecule has 0 spiro atoms. The van der Waals surface area contributed by atoms with Crippen molar-refractivity contribution < 1.29 is 9.84 Å². The molecule has 0 bridgehead atoms. The summed E-state index contributed by atoms with van der Waals surface area (Å²) in [5, 5.41) is 9.12. The number of hydrogen-bond acceptors (Lipinski definition) is 3. The molecule has 0 heterocycles. The van der Waals surface area contributed by atoms with Crippen LogP contribution in [0.2, 0.25) is 0 Å². The summed E-state index contributed by atoms with van der Waals surface area (Å²) in [5.74, 6) is 1.44. The maximum absolute atomic E-state index is 9.12. The minimum Gasteiger partial charge on any atom is -0.497 e. The second-order valence-corrected chi connectivity index (χ2v) is 4.20. The SMILES string of the molecule is COc1cccc(C(C)CC(CN)CO)c1. The lowest BCUT2D eigenvalue weighted by molar-refractivity contribution is 0.217. The zero-order valence-corrected chi connectivity index (χ0v) is 10.0. The van der Waals surface area contributed by atoms with E-state index in [1.807, 2.05) is 18.2 Å². The number of aliphatic hydroxyl groups is 1. The number of nitrogens with two attached hydrogens (primary N) is 1. The van der Waals surface area contributed by atoms with E-state index in [1.165, 1.54) is 5.56 Å². The average Bonchev–Trinajstić information content (AvgIpc) is 2.35. The van der Waals surface area contributed by atoms with Gasteiger partial charge in [0.05, 0.1) is 7.11 Å². The van der Waals surface area contributed by atoms with E-state index in [0.717, 1.165) is 12.2 Å². The number of aliphatic hydroxyl groups excluding tert-OH is 1. The first-order valence-electron chi connectivity index (χ1n) is 5.66. The molecule has 0 amide bonds. The smallest absolute Gasteiger partial charge is 0.119 e. The van der Waals surface area contributed by atoms with Gasteiger partial charge in [-0.3, -0.25) is 0 Å². The Morgan fingerprint density at radius 2 is 2.19 bits per heavy atom. The molecule has 1 aromatic carbocycles. The molecule has 1 aromatic rings. The molecule has 90 valence electrons. The number of benzene rings is 1. The van der Waals surface area contributed by atoms with Gasteiger partial charge in [0, 0.05) is 6.61 Å². The summed E-state index contributed by atoms with van der Waals surface area (Å²) >= 11 is 0. The van der Waals surface area contributed by atoms with E-state index in [-0.39, 0.29) is 12.5 Å². The van der Waals surface area contributed by atoms with Crippen molar-refractivity contribution in [3.63, 3.8) is 0 Å². The predicted octanol–water partition coefficient (Wildman–Crippen LogP) is 1.76. The molecule has 1 rings (SSSR count). The molecule has 3 N–H and O–H groups in total. The van der Waals surface area contributed by atoms with E-state index in [9.17, 15) is 0 Å². The second kappa shape index (κ2) is 6.51. The highest BCUT2D eigenvalue weighted by Gasteiger charge is 2.13. The number of ether oxygens (including phenoxy) is 1. The van der Waals surface area contributed by atoms with Gasteiger partial charge in [-0.05, 0) is 42.5 Å². The normalized spacial score (nSPS) is 14.5. The Bertz CT molecular complexity index is 311. The average molecular weight is 223 g/mol. The molecule has 0 saturated carbocycles. The van der Waals surface area contributed by atoms with Crippen LogP contribution in [0.5, 0.6) is 5.75 Å². The Labute approximate surface area is 97.2 Å². The van der Waals surface area contributed by atoms with E-state index in [0.29, 0.717) is 12.5 Å². The maximum atomic E-state index is 9.12. The standard InChI is InChI=1S/C13H21NO2/c1-10(6-11(8-14)9-15)12-4-3-5-13(7-12)16-2/h3-5,7,10-11,15H,6,8-9,14H2,1-2H3. The topological polar surface area (TPSA) is 55.5 Å². The molecule has 16 heavy (non-hydrogen) atoms. The van der Waals surface area contributed by atoms with Crippen LogP contribution >= 0.6 is 0 Å². The van der Waals surface area contributed by atoms with Gasteiger partial charge < -0.3 is 15.6 Å². The van der Waals surface area contributed by atoms with Gasteiger partial charge in [0.2, 0.25) is 0 Å². The first-order valence-corrected chi connectivity index (χ1v) is 5.66. The quantitative estimate of drug-likeness (QED) is 0.772. The maximum Gasteiger partial charge on any atom is 0.119 e. The van der Waals surface area contributed by atoms with Gasteiger partial charge in [0.15, 0.2) is 0 Å². The Balaban J connectivity index is 2.67. The van der Waals surface area contributed by atoms with Crippen molar-refractivity contribution in [2.75, 3.05) is 20.3 Å². The van der Waals surface area contributed by atoms with Crippen molar-refractivity contribution in [2.45, 2.75) is 19.3 Å². The first kappa shape index (κ1) is 13.0. The Hall–Kier alpha value is -1.06. The van der Waals surface area contributed by atoms with Crippen LogP contribution in [0.3, 0.4) is 0 Å². The fourth-order valence-electron chi connectivity index (χ4n) is 1.83. The Kier molecular flexibility index (Phi) is 5.29. The van der Waals surface area contributed by atoms with Crippen LogP contribution in [0.15, 0.2) is 24.3 Å². The summed E-state index contributed by atoms with van der Waals surface area (Å²) < 4.78 is 5.19. The molecule has 3 heteroatoms. The van der Waals surface area contributed by atoms with Crippen LogP contribution in [0, 0.1) is 5.92 Å².